The van der Waals surface area contributed by atoms with Crippen LogP contribution >= 0.6 is 11.3 Å². The van der Waals surface area contributed by atoms with Gasteiger partial charge in [-0.05, 0) is 55.3 Å². The SMILES string of the molecule is O=C(Nc1ccc(C(=O)NC2CC2)cc1)c1cccc(OCc2cscn2)c1. The summed E-state index contributed by atoms with van der Waals surface area (Å²) in [5.74, 6) is 0.285. The van der Waals surface area contributed by atoms with E-state index in [0.717, 1.165) is 18.5 Å². The van der Waals surface area contributed by atoms with Crippen molar-refractivity contribution in [1.29, 1.82) is 0 Å². The summed E-state index contributed by atoms with van der Waals surface area (Å²) in [6.07, 6.45) is 2.10. The molecule has 28 heavy (non-hydrogen) atoms. The summed E-state index contributed by atoms with van der Waals surface area (Å²) >= 11 is 1.51. The third-order valence-corrected chi connectivity index (χ3v) is 4.92. The number of aromatic nitrogens is 1. The normalized spacial score (nSPS) is 13.0. The van der Waals surface area contributed by atoms with Crippen LogP contribution in [0.1, 0.15) is 39.3 Å². The highest BCUT2D eigenvalue weighted by atomic mass is 32.1. The highest BCUT2D eigenvalue weighted by Gasteiger charge is 2.23. The molecule has 0 spiro atoms. The first-order valence-corrected chi connectivity index (χ1v) is 9.94. The number of rotatable bonds is 7. The van der Waals surface area contributed by atoms with Gasteiger partial charge < -0.3 is 15.4 Å². The number of amides is 2. The van der Waals surface area contributed by atoms with Crippen LogP contribution in [-0.4, -0.2) is 22.8 Å². The zero-order valence-electron chi connectivity index (χ0n) is 15.1. The molecular formula is C21H19N3O3S. The fourth-order valence-corrected chi connectivity index (χ4v) is 3.14. The summed E-state index contributed by atoms with van der Waals surface area (Å²) in [5, 5.41) is 7.70. The summed E-state index contributed by atoms with van der Waals surface area (Å²) < 4.78 is 5.69. The first kappa shape index (κ1) is 18.2. The quantitative estimate of drug-likeness (QED) is 0.639. The van der Waals surface area contributed by atoms with Gasteiger partial charge in [-0.15, -0.1) is 11.3 Å². The number of carbonyl (C=O) groups is 2. The van der Waals surface area contributed by atoms with Gasteiger partial charge in [0.2, 0.25) is 0 Å². The van der Waals surface area contributed by atoms with Crippen LogP contribution in [0.3, 0.4) is 0 Å². The molecule has 1 saturated carbocycles. The smallest absolute Gasteiger partial charge is 0.255 e. The monoisotopic (exact) mass is 393 g/mol. The largest absolute Gasteiger partial charge is 0.487 e. The van der Waals surface area contributed by atoms with E-state index in [-0.39, 0.29) is 11.8 Å². The molecule has 2 amide bonds. The first-order valence-electron chi connectivity index (χ1n) is 8.99. The molecule has 0 bridgehead atoms. The summed E-state index contributed by atoms with van der Waals surface area (Å²) in [5.41, 5.74) is 4.31. The molecule has 0 saturated heterocycles. The van der Waals surface area contributed by atoms with Crippen LogP contribution in [0, 0.1) is 0 Å². The molecule has 1 fully saturated rings. The van der Waals surface area contributed by atoms with Crippen molar-refractivity contribution in [1.82, 2.24) is 10.3 Å². The Morgan fingerprint density at radius 1 is 1.07 bits per heavy atom. The number of anilines is 1. The Hall–Kier alpha value is -3.19. The van der Waals surface area contributed by atoms with E-state index < -0.39 is 0 Å². The van der Waals surface area contributed by atoms with Gasteiger partial charge in [0.05, 0.1) is 11.2 Å². The van der Waals surface area contributed by atoms with Crippen molar-refractivity contribution in [2.45, 2.75) is 25.5 Å². The van der Waals surface area contributed by atoms with Gasteiger partial charge in [-0.1, -0.05) is 6.07 Å². The van der Waals surface area contributed by atoms with Gasteiger partial charge in [-0.2, -0.15) is 0 Å². The molecule has 0 aliphatic heterocycles. The fourth-order valence-electron chi connectivity index (χ4n) is 2.60. The molecule has 2 aromatic carbocycles. The maximum atomic E-state index is 12.5. The van der Waals surface area contributed by atoms with Crippen molar-refractivity contribution in [2.24, 2.45) is 0 Å². The Morgan fingerprint density at radius 2 is 1.89 bits per heavy atom. The molecule has 0 radical (unpaired) electrons. The van der Waals surface area contributed by atoms with Gasteiger partial charge in [-0.25, -0.2) is 4.98 Å². The molecule has 1 aliphatic carbocycles. The number of hydrogen-bond acceptors (Lipinski definition) is 5. The average Bonchev–Trinajstić information content (AvgIpc) is 3.37. The van der Waals surface area contributed by atoms with Crippen molar-refractivity contribution >= 4 is 28.8 Å². The molecule has 1 aromatic heterocycles. The van der Waals surface area contributed by atoms with Crippen LogP contribution in [0.15, 0.2) is 59.4 Å². The Morgan fingerprint density at radius 3 is 2.61 bits per heavy atom. The van der Waals surface area contributed by atoms with Crippen molar-refractivity contribution in [3.8, 4) is 5.75 Å². The molecule has 142 valence electrons. The van der Waals surface area contributed by atoms with Crippen LogP contribution in [0.4, 0.5) is 5.69 Å². The molecular weight excluding hydrogens is 374 g/mol. The number of thiazole rings is 1. The Balaban J connectivity index is 1.36. The Labute approximate surface area is 166 Å². The number of nitrogens with zero attached hydrogens (tertiary/aromatic N) is 1. The second-order valence-corrected chi connectivity index (χ2v) is 7.29. The molecule has 0 unspecified atom stereocenters. The van der Waals surface area contributed by atoms with E-state index in [9.17, 15) is 9.59 Å². The number of ether oxygens (including phenoxy) is 1. The summed E-state index contributed by atoms with van der Waals surface area (Å²) in [4.78, 5) is 28.7. The second-order valence-electron chi connectivity index (χ2n) is 6.58. The Bertz CT molecular complexity index is 967. The van der Waals surface area contributed by atoms with E-state index in [0.29, 0.717) is 35.2 Å². The molecule has 6 nitrogen and oxygen atoms in total. The third-order valence-electron chi connectivity index (χ3n) is 4.28. The molecule has 1 heterocycles. The number of hydrogen-bond donors (Lipinski definition) is 2. The van der Waals surface area contributed by atoms with Crippen molar-refractivity contribution in [3.05, 3.63) is 76.2 Å². The fraction of sp³-hybridized carbons (Fsp3) is 0.190. The van der Waals surface area contributed by atoms with Gasteiger partial charge in [-0.3, -0.25) is 9.59 Å². The summed E-state index contributed by atoms with van der Waals surface area (Å²) in [6, 6.07) is 14.2. The average molecular weight is 393 g/mol. The third kappa shape index (κ3) is 4.75. The topological polar surface area (TPSA) is 80.3 Å². The molecule has 3 aromatic rings. The van der Waals surface area contributed by atoms with E-state index in [4.69, 9.17) is 4.74 Å². The first-order chi connectivity index (χ1) is 13.7. The minimum Gasteiger partial charge on any atom is -0.487 e. The van der Waals surface area contributed by atoms with Crippen LogP contribution in [0.25, 0.3) is 0 Å². The second kappa shape index (κ2) is 8.22. The number of carbonyl (C=O) groups excluding carboxylic acids is 2. The Kier molecular flexibility index (Phi) is 5.34. The van der Waals surface area contributed by atoms with Gasteiger partial charge in [0, 0.05) is 28.2 Å². The van der Waals surface area contributed by atoms with Crippen molar-refractivity contribution in [2.75, 3.05) is 5.32 Å². The van der Waals surface area contributed by atoms with Crippen molar-refractivity contribution in [3.63, 3.8) is 0 Å². The van der Waals surface area contributed by atoms with Gasteiger partial charge >= 0.3 is 0 Å². The molecule has 2 N–H and O–H groups in total. The predicted octanol–water partition coefficient (Wildman–Crippen LogP) is 3.87. The van der Waals surface area contributed by atoms with Crippen LogP contribution in [0.2, 0.25) is 0 Å². The van der Waals surface area contributed by atoms with Crippen LogP contribution < -0.4 is 15.4 Å². The molecule has 0 atom stereocenters. The maximum absolute atomic E-state index is 12.5. The highest BCUT2D eigenvalue weighted by Crippen LogP contribution is 2.20. The lowest BCUT2D eigenvalue weighted by atomic mass is 10.1. The van der Waals surface area contributed by atoms with E-state index in [2.05, 4.69) is 15.6 Å². The molecule has 4 rings (SSSR count). The minimum atomic E-state index is -0.241. The van der Waals surface area contributed by atoms with E-state index in [1.54, 1.807) is 54.0 Å². The minimum absolute atomic E-state index is 0.0784. The maximum Gasteiger partial charge on any atom is 0.255 e. The van der Waals surface area contributed by atoms with Crippen LogP contribution in [0.5, 0.6) is 5.75 Å². The van der Waals surface area contributed by atoms with Crippen LogP contribution in [-0.2, 0) is 6.61 Å². The van der Waals surface area contributed by atoms with E-state index in [1.807, 2.05) is 5.38 Å². The molecule has 7 heteroatoms. The molecule has 1 aliphatic rings. The van der Waals surface area contributed by atoms with Gasteiger partial charge in [0.25, 0.3) is 11.8 Å². The van der Waals surface area contributed by atoms with Crippen molar-refractivity contribution < 1.29 is 14.3 Å². The zero-order chi connectivity index (χ0) is 19.3. The lowest BCUT2D eigenvalue weighted by Crippen LogP contribution is -2.25. The predicted molar refractivity (Wildman–Crippen MR) is 108 cm³/mol. The lowest BCUT2D eigenvalue weighted by molar-refractivity contribution is 0.0950. The van der Waals surface area contributed by atoms with E-state index >= 15 is 0 Å². The summed E-state index contributed by atoms with van der Waals surface area (Å²) in [7, 11) is 0. The van der Waals surface area contributed by atoms with E-state index in [1.165, 1.54) is 11.3 Å². The standard InChI is InChI=1S/C21H19N3O3S/c25-20(23-17-8-9-17)14-4-6-16(7-5-14)24-21(26)15-2-1-3-19(10-15)27-11-18-12-28-13-22-18/h1-7,10,12-13,17H,8-9,11H2,(H,23,25)(H,24,26). The summed E-state index contributed by atoms with van der Waals surface area (Å²) in [6.45, 7) is 0.360. The number of benzene rings is 2. The number of nitrogens with one attached hydrogen (secondary N) is 2. The van der Waals surface area contributed by atoms with Gasteiger partial charge in [0.15, 0.2) is 0 Å². The van der Waals surface area contributed by atoms with Gasteiger partial charge in [0.1, 0.15) is 12.4 Å². The lowest BCUT2D eigenvalue weighted by Gasteiger charge is -2.09. The zero-order valence-corrected chi connectivity index (χ0v) is 15.9. The highest BCUT2D eigenvalue weighted by molar-refractivity contribution is 7.07.